The Labute approximate surface area is 263 Å². The van der Waals surface area contributed by atoms with E-state index in [1.807, 2.05) is 18.2 Å². The van der Waals surface area contributed by atoms with E-state index in [2.05, 4.69) is 31.4 Å². The molecule has 45 heavy (non-hydrogen) atoms. The molecule has 1 aliphatic heterocycles. The number of benzene rings is 2. The van der Waals surface area contributed by atoms with Gasteiger partial charge in [-0.05, 0) is 59.8 Å². The Morgan fingerprint density at radius 2 is 1.96 bits per heavy atom. The molecule has 6 rings (SSSR count). The molecule has 0 spiro atoms. The van der Waals surface area contributed by atoms with Crippen molar-refractivity contribution < 1.29 is 39.3 Å². The van der Waals surface area contributed by atoms with Crippen molar-refractivity contribution in [1.29, 1.82) is 0 Å². The van der Waals surface area contributed by atoms with E-state index >= 15 is 0 Å². The molecule has 3 saturated carbocycles. The monoisotopic (exact) mass is 623 g/mol. The molecular weight excluding hydrogens is 578 g/mol. The number of anilines is 1. The molecule has 5 N–H and O–H groups in total. The number of hydrogen-bond donors (Lipinski definition) is 5. The summed E-state index contributed by atoms with van der Waals surface area (Å²) >= 11 is 0. The second-order valence-corrected chi connectivity index (χ2v) is 13.2. The summed E-state index contributed by atoms with van der Waals surface area (Å²) in [6, 6.07) is 9.49. The van der Waals surface area contributed by atoms with Crippen molar-refractivity contribution in [3.05, 3.63) is 47.5 Å². The van der Waals surface area contributed by atoms with Crippen LogP contribution in [0.25, 0.3) is 11.1 Å². The molecule has 1 amide bonds. The number of amides is 1. The van der Waals surface area contributed by atoms with Crippen molar-refractivity contribution in [2.24, 2.45) is 29.1 Å². The van der Waals surface area contributed by atoms with Gasteiger partial charge in [0, 0.05) is 41.7 Å². The molecule has 3 aliphatic carbocycles. The summed E-state index contributed by atoms with van der Waals surface area (Å²) in [5.41, 5.74) is 2.77. The highest BCUT2D eigenvalue weighted by Gasteiger charge is 2.57. The number of aliphatic hydroxyl groups excluding tert-OH is 2. The molecule has 1 heterocycles. The minimum Gasteiger partial charge on any atom is -0.496 e. The van der Waals surface area contributed by atoms with E-state index in [1.54, 1.807) is 17.2 Å². The molecule has 4 fully saturated rings. The second-order valence-electron chi connectivity index (χ2n) is 13.2. The number of nitrogens with one attached hydrogen (secondary N) is 2. The van der Waals surface area contributed by atoms with Gasteiger partial charge in [0.1, 0.15) is 18.1 Å². The maximum atomic E-state index is 14.0. The lowest BCUT2D eigenvalue weighted by atomic mass is 9.45. The minimum absolute atomic E-state index is 0.0219. The summed E-state index contributed by atoms with van der Waals surface area (Å²) < 4.78 is 5.86. The van der Waals surface area contributed by atoms with Crippen molar-refractivity contribution in [2.45, 2.75) is 64.8 Å². The Balaban J connectivity index is 1.44. The molecule has 0 aromatic heterocycles. The normalized spacial score (nSPS) is 28.6. The number of carbonyl (C=O) groups excluding carboxylic acids is 2. The molecule has 2 unspecified atom stereocenters. The van der Waals surface area contributed by atoms with Crippen LogP contribution in [-0.4, -0.2) is 83.6 Å². The van der Waals surface area contributed by atoms with Gasteiger partial charge in [0.15, 0.2) is 0 Å². The van der Waals surface area contributed by atoms with Crippen LogP contribution >= 0.6 is 0 Å². The van der Waals surface area contributed by atoms with Crippen LogP contribution < -0.4 is 15.4 Å². The molecule has 244 valence electrons. The molecular formula is C34H45N3O8. The fraction of sp³-hybridized carbons (Fsp3) is 0.559. The summed E-state index contributed by atoms with van der Waals surface area (Å²) in [4.78, 5) is 43.6. The summed E-state index contributed by atoms with van der Waals surface area (Å²) in [5, 5.41) is 37.2. The number of hydroxylamine groups is 2. The quantitative estimate of drug-likeness (QED) is 0.210. The first-order valence-corrected chi connectivity index (χ1v) is 15.7. The van der Waals surface area contributed by atoms with Crippen molar-refractivity contribution in [1.82, 2.24) is 10.4 Å². The van der Waals surface area contributed by atoms with E-state index in [0.29, 0.717) is 45.9 Å². The van der Waals surface area contributed by atoms with Crippen molar-refractivity contribution >= 4 is 23.9 Å². The summed E-state index contributed by atoms with van der Waals surface area (Å²) in [6.45, 7) is 6.75. The Hall–Kier alpha value is -3.51. The highest BCUT2D eigenvalue weighted by Crippen LogP contribution is 2.61. The number of nitrogens with zero attached hydrogens (tertiary/aromatic N) is 1. The van der Waals surface area contributed by atoms with E-state index in [-0.39, 0.29) is 55.7 Å². The zero-order valence-electron chi connectivity index (χ0n) is 26.4. The van der Waals surface area contributed by atoms with Gasteiger partial charge in [-0.25, -0.2) is 4.79 Å². The van der Waals surface area contributed by atoms with Gasteiger partial charge in [-0.2, -0.15) is 5.06 Å². The van der Waals surface area contributed by atoms with Crippen molar-refractivity contribution in [3.8, 4) is 16.9 Å². The number of aromatic carboxylic acids is 1. The third kappa shape index (κ3) is 6.31. The highest BCUT2D eigenvalue weighted by atomic mass is 16.7. The van der Waals surface area contributed by atoms with E-state index in [1.165, 1.54) is 19.6 Å². The number of rotatable bonds is 13. The van der Waals surface area contributed by atoms with Crippen LogP contribution in [0.3, 0.4) is 0 Å². The molecule has 11 heteroatoms. The van der Waals surface area contributed by atoms with Crippen LogP contribution in [0, 0.1) is 29.1 Å². The van der Waals surface area contributed by atoms with Gasteiger partial charge in [0.2, 0.25) is 5.91 Å². The average Bonchev–Trinajstić information content (AvgIpc) is 3.36. The van der Waals surface area contributed by atoms with Gasteiger partial charge in [-0.1, -0.05) is 39.0 Å². The van der Waals surface area contributed by atoms with Crippen LogP contribution in [0.4, 0.5) is 5.69 Å². The first-order chi connectivity index (χ1) is 21.5. The third-order valence-corrected chi connectivity index (χ3v) is 10.5. The lowest BCUT2D eigenvalue weighted by molar-refractivity contribution is -0.178. The van der Waals surface area contributed by atoms with Gasteiger partial charge in [-0.3, -0.25) is 9.63 Å². The van der Waals surface area contributed by atoms with Gasteiger partial charge in [0.05, 0.1) is 38.5 Å². The Bertz CT molecular complexity index is 1410. The highest BCUT2D eigenvalue weighted by molar-refractivity contribution is 5.92. The number of hydrogen-bond acceptors (Lipinski definition) is 9. The van der Waals surface area contributed by atoms with E-state index in [9.17, 15) is 29.7 Å². The standard InChI is InChI=1S/C34H45N3O8/c1-19-27-15-23(34(27,2)3)16-28(19)36-32(41)30-26(18-40)29(8-10-38)45-37(30)17-20-6-5-7-25(31(20)44-4)21-12-22(33(42)43)14-24(13-21)35-9-11-39/h5-7,10,12-14,19,23,26-30,35,39-40H,8-9,11,15-18H2,1-4H3,(H,36,41)(H,42,43)/t19?,23-,26-,27+,28+,29?,30+/m1/s1. The number of carboxylic acid groups (broad SMARTS) is 1. The van der Waals surface area contributed by atoms with Crippen LogP contribution in [0.2, 0.25) is 0 Å². The Morgan fingerprint density at radius 3 is 2.58 bits per heavy atom. The summed E-state index contributed by atoms with van der Waals surface area (Å²) in [7, 11) is 1.52. The van der Waals surface area contributed by atoms with Crippen LogP contribution in [-0.2, 0) is 21.0 Å². The maximum absolute atomic E-state index is 14.0. The first kappa shape index (κ1) is 32.9. The van der Waals surface area contributed by atoms with Crippen LogP contribution in [0.1, 0.15) is 56.0 Å². The Morgan fingerprint density at radius 1 is 1.18 bits per heavy atom. The minimum atomic E-state index is -1.09. The second kappa shape index (κ2) is 13.5. The fourth-order valence-electron chi connectivity index (χ4n) is 7.89. The Kier molecular flexibility index (Phi) is 9.83. The molecule has 11 nitrogen and oxygen atoms in total. The van der Waals surface area contributed by atoms with E-state index in [4.69, 9.17) is 9.57 Å². The number of aliphatic hydroxyl groups is 2. The molecule has 0 radical (unpaired) electrons. The SMILES string of the molecule is COc1c(CN2OC(CC=O)[C@@H](CO)[C@H]2C(=O)N[C@H]2C[C@H]3C[C@@H](C2C)C3(C)C)cccc1-c1cc(NCCO)cc(C(=O)O)c1. The third-order valence-electron chi connectivity index (χ3n) is 10.5. The largest absolute Gasteiger partial charge is 0.496 e. The van der Waals surface area contributed by atoms with Crippen LogP contribution in [0.5, 0.6) is 5.75 Å². The zero-order valence-corrected chi connectivity index (χ0v) is 26.4. The molecule has 1 saturated heterocycles. The van der Waals surface area contributed by atoms with Gasteiger partial charge in [0.25, 0.3) is 0 Å². The molecule has 2 aromatic carbocycles. The van der Waals surface area contributed by atoms with Gasteiger partial charge >= 0.3 is 5.97 Å². The number of carbonyl (C=O) groups is 3. The molecule has 4 aliphatic rings. The zero-order chi connectivity index (χ0) is 32.5. The number of carboxylic acids is 1. The topological polar surface area (TPSA) is 158 Å². The number of para-hydroxylation sites is 1. The van der Waals surface area contributed by atoms with Gasteiger partial charge in [-0.15, -0.1) is 0 Å². The molecule has 2 bridgehead atoms. The molecule has 2 aromatic rings. The number of fused-ring (bicyclic) bond motifs is 2. The fourth-order valence-corrected chi connectivity index (χ4v) is 7.89. The smallest absolute Gasteiger partial charge is 0.335 e. The van der Waals surface area contributed by atoms with Crippen LogP contribution in [0.15, 0.2) is 36.4 Å². The first-order valence-electron chi connectivity index (χ1n) is 15.7. The lowest BCUT2D eigenvalue weighted by Crippen LogP contribution is -2.62. The van der Waals surface area contributed by atoms with Gasteiger partial charge < -0.3 is 35.5 Å². The van der Waals surface area contributed by atoms with E-state index in [0.717, 1.165) is 12.7 Å². The van der Waals surface area contributed by atoms with Crippen molar-refractivity contribution in [2.75, 3.05) is 32.2 Å². The lowest BCUT2D eigenvalue weighted by Gasteiger charge is -2.62. The molecule has 7 atom stereocenters. The average molecular weight is 624 g/mol. The van der Waals surface area contributed by atoms with E-state index < -0.39 is 24.0 Å². The number of aldehydes is 1. The number of ether oxygens (including phenoxy) is 1. The summed E-state index contributed by atoms with van der Waals surface area (Å²) in [6.07, 6.45) is 2.20. The maximum Gasteiger partial charge on any atom is 0.335 e. The number of methoxy groups -OCH3 is 1. The van der Waals surface area contributed by atoms with Crippen molar-refractivity contribution in [3.63, 3.8) is 0 Å². The summed E-state index contributed by atoms with van der Waals surface area (Å²) in [5.74, 6) is -0.0503. The predicted molar refractivity (Wildman–Crippen MR) is 168 cm³/mol. The predicted octanol–water partition coefficient (Wildman–Crippen LogP) is 3.33.